The number of piperazine rings is 1. The lowest BCUT2D eigenvalue weighted by molar-refractivity contribution is -0.137. The Morgan fingerprint density at radius 3 is 2.19 bits per heavy atom. The maximum absolute atomic E-state index is 12.8. The van der Waals surface area contributed by atoms with Crippen molar-refractivity contribution in [2.45, 2.75) is 12.8 Å². The lowest BCUT2D eigenvalue weighted by Crippen LogP contribution is -2.50. The smallest absolute Gasteiger partial charge is 0.225 e. The van der Waals surface area contributed by atoms with Crippen LogP contribution in [0.4, 0.5) is 11.6 Å². The SMILES string of the molecule is CN1CCN(C(=O)C2CCN(c3cnc(N4CCSCC4)nc3)CC2)CC1. The monoisotopic (exact) mass is 390 g/mol. The van der Waals surface area contributed by atoms with Crippen molar-refractivity contribution in [3.8, 4) is 0 Å². The summed E-state index contributed by atoms with van der Waals surface area (Å²) in [5.41, 5.74) is 1.08. The molecule has 0 unspecified atom stereocenters. The number of likely N-dealkylation sites (N-methyl/N-ethyl adjacent to an activating group) is 1. The number of hydrogen-bond donors (Lipinski definition) is 0. The van der Waals surface area contributed by atoms with E-state index in [9.17, 15) is 4.79 Å². The molecule has 4 heterocycles. The third-order valence-corrected chi connectivity index (χ3v) is 6.89. The van der Waals surface area contributed by atoms with Gasteiger partial charge in [-0.05, 0) is 19.9 Å². The van der Waals surface area contributed by atoms with Crippen LogP contribution in [-0.4, -0.2) is 96.6 Å². The lowest BCUT2D eigenvalue weighted by Gasteiger charge is -2.38. The lowest BCUT2D eigenvalue weighted by atomic mass is 9.95. The van der Waals surface area contributed by atoms with Crippen molar-refractivity contribution in [2.24, 2.45) is 5.92 Å². The molecular formula is C19H30N6OS. The predicted octanol–water partition coefficient (Wildman–Crippen LogP) is 1.02. The highest BCUT2D eigenvalue weighted by atomic mass is 32.2. The first-order valence-corrected chi connectivity index (χ1v) is 11.2. The molecule has 1 aromatic heterocycles. The number of anilines is 2. The second-order valence-corrected chi connectivity index (χ2v) is 8.96. The molecule has 3 fully saturated rings. The Hall–Kier alpha value is -1.54. The molecular weight excluding hydrogens is 360 g/mol. The molecule has 3 aliphatic heterocycles. The van der Waals surface area contributed by atoms with Gasteiger partial charge in [0.05, 0.1) is 18.1 Å². The highest BCUT2D eigenvalue weighted by Crippen LogP contribution is 2.25. The Morgan fingerprint density at radius 1 is 0.926 bits per heavy atom. The Labute approximate surface area is 166 Å². The Morgan fingerprint density at radius 2 is 1.56 bits per heavy atom. The van der Waals surface area contributed by atoms with Gasteiger partial charge in [-0.3, -0.25) is 4.79 Å². The fourth-order valence-corrected chi connectivity index (χ4v) is 4.98. The van der Waals surface area contributed by atoms with Crippen molar-refractivity contribution in [3.05, 3.63) is 12.4 Å². The van der Waals surface area contributed by atoms with Crippen LogP contribution < -0.4 is 9.80 Å². The third kappa shape index (κ3) is 4.48. The molecule has 1 amide bonds. The van der Waals surface area contributed by atoms with Gasteiger partial charge in [-0.15, -0.1) is 0 Å². The van der Waals surface area contributed by atoms with E-state index in [4.69, 9.17) is 0 Å². The number of rotatable bonds is 3. The number of carbonyl (C=O) groups excluding carboxylic acids is 1. The summed E-state index contributed by atoms with van der Waals surface area (Å²) in [4.78, 5) is 30.9. The van der Waals surface area contributed by atoms with E-state index in [1.165, 1.54) is 0 Å². The first-order chi connectivity index (χ1) is 13.2. The van der Waals surface area contributed by atoms with Gasteiger partial charge in [0, 0.05) is 69.8 Å². The van der Waals surface area contributed by atoms with Gasteiger partial charge in [0.15, 0.2) is 0 Å². The zero-order chi connectivity index (χ0) is 18.6. The molecule has 0 spiro atoms. The highest BCUT2D eigenvalue weighted by Gasteiger charge is 2.30. The van der Waals surface area contributed by atoms with E-state index < -0.39 is 0 Å². The van der Waals surface area contributed by atoms with Gasteiger partial charge in [-0.1, -0.05) is 0 Å². The van der Waals surface area contributed by atoms with Crippen LogP contribution >= 0.6 is 11.8 Å². The minimum atomic E-state index is 0.177. The van der Waals surface area contributed by atoms with Crippen LogP contribution in [0.15, 0.2) is 12.4 Å². The van der Waals surface area contributed by atoms with Gasteiger partial charge in [0.1, 0.15) is 0 Å². The molecule has 0 N–H and O–H groups in total. The zero-order valence-corrected chi connectivity index (χ0v) is 17.0. The summed E-state index contributed by atoms with van der Waals surface area (Å²) in [6, 6.07) is 0. The second-order valence-electron chi connectivity index (χ2n) is 7.73. The van der Waals surface area contributed by atoms with Crippen molar-refractivity contribution in [1.29, 1.82) is 0 Å². The van der Waals surface area contributed by atoms with Gasteiger partial charge < -0.3 is 19.6 Å². The van der Waals surface area contributed by atoms with E-state index in [1.54, 1.807) is 0 Å². The highest BCUT2D eigenvalue weighted by molar-refractivity contribution is 7.99. The van der Waals surface area contributed by atoms with E-state index in [2.05, 4.69) is 36.6 Å². The summed E-state index contributed by atoms with van der Waals surface area (Å²) in [6.45, 7) is 7.61. The molecule has 8 heteroatoms. The number of carbonyl (C=O) groups is 1. The fourth-order valence-electron chi connectivity index (χ4n) is 4.07. The molecule has 0 aromatic carbocycles. The fraction of sp³-hybridized carbons (Fsp3) is 0.737. The molecule has 3 aliphatic rings. The van der Waals surface area contributed by atoms with E-state index in [-0.39, 0.29) is 5.92 Å². The molecule has 0 atom stereocenters. The minimum Gasteiger partial charge on any atom is -0.369 e. The molecule has 148 valence electrons. The number of aromatic nitrogens is 2. The zero-order valence-electron chi connectivity index (χ0n) is 16.2. The van der Waals surface area contributed by atoms with Crippen molar-refractivity contribution >= 4 is 29.3 Å². The first kappa shape index (κ1) is 18.8. The topological polar surface area (TPSA) is 55.8 Å². The summed E-state index contributed by atoms with van der Waals surface area (Å²) in [7, 11) is 2.12. The van der Waals surface area contributed by atoms with Crippen LogP contribution in [0.5, 0.6) is 0 Å². The number of thioether (sulfide) groups is 1. The summed E-state index contributed by atoms with van der Waals surface area (Å²) >= 11 is 1.99. The normalized spacial score (nSPS) is 22.9. The average molecular weight is 391 g/mol. The van der Waals surface area contributed by atoms with E-state index in [0.29, 0.717) is 5.91 Å². The van der Waals surface area contributed by atoms with Gasteiger partial charge in [-0.2, -0.15) is 11.8 Å². The largest absolute Gasteiger partial charge is 0.369 e. The molecule has 0 radical (unpaired) electrons. The third-order valence-electron chi connectivity index (χ3n) is 5.94. The van der Waals surface area contributed by atoms with Crippen LogP contribution in [0, 0.1) is 5.92 Å². The van der Waals surface area contributed by atoms with Gasteiger partial charge in [0.2, 0.25) is 11.9 Å². The second kappa shape index (κ2) is 8.65. The summed E-state index contributed by atoms with van der Waals surface area (Å²) in [6.07, 6.45) is 5.76. The van der Waals surface area contributed by atoms with E-state index in [0.717, 1.165) is 88.3 Å². The van der Waals surface area contributed by atoms with Crippen molar-refractivity contribution in [1.82, 2.24) is 19.8 Å². The van der Waals surface area contributed by atoms with Gasteiger partial charge in [-0.25, -0.2) is 9.97 Å². The first-order valence-electron chi connectivity index (χ1n) is 10.1. The Kier molecular flexibility index (Phi) is 6.02. The minimum absolute atomic E-state index is 0.177. The van der Waals surface area contributed by atoms with Crippen molar-refractivity contribution in [3.63, 3.8) is 0 Å². The van der Waals surface area contributed by atoms with Crippen LogP contribution in [0.2, 0.25) is 0 Å². The molecule has 4 rings (SSSR count). The Balaban J connectivity index is 1.29. The Bertz CT molecular complexity index is 620. The molecule has 3 saturated heterocycles. The maximum atomic E-state index is 12.8. The van der Waals surface area contributed by atoms with E-state index in [1.807, 2.05) is 24.2 Å². The standard InChI is InChI=1S/C19H30N6OS/c1-22-6-8-24(9-7-22)18(26)16-2-4-23(5-3-16)17-14-20-19(21-15-17)25-10-12-27-13-11-25/h14-16H,2-13H2,1H3. The molecule has 27 heavy (non-hydrogen) atoms. The van der Waals surface area contributed by atoms with Crippen LogP contribution in [0.1, 0.15) is 12.8 Å². The van der Waals surface area contributed by atoms with E-state index >= 15 is 0 Å². The summed E-state index contributed by atoms with van der Waals surface area (Å²) < 4.78 is 0. The van der Waals surface area contributed by atoms with Crippen LogP contribution in [0.25, 0.3) is 0 Å². The van der Waals surface area contributed by atoms with Gasteiger partial charge in [0.25, 0.3) is 0 Å². The maximum Gasteiger partial charge on any atom is 0.225 e. The quantitative estimate of drug-likeness (QED) is 0.764. The van der Waals surface area contributed by atoms with Gasteiger partial charge >= 0.3 is 0 Å². The number of piperidine rings is 1. The van der Waals surface area contributed by atoms with Crippen LogP contribution in [-0.2, 0) is 4.79 Å². The number of nitrogens with zero attached hydrogens (tertiary/aromatic N) is 6. The molecule has 7 nitrogen and oxygen atoms in total. The summed E-state index contributed by atoms with van der Waals surface area (Å²) in [5, 5.41) is 0. The molecule has 1 aromatic rings. The molecule has 0 saturated carbocycles. The molecule has 0 bridgehead atoms. The molecule has 0 aliphatic carbocycles. The van der Waals surface area contributed by atoms with Crippen molar-refractivity contribution in [2.75, 3.05) is 80.7 Å². The number of amides is 1. The van der Waals surface area contributed by atoms with Crippen molar-refractivity contribution < 1.29 is 4.79 Å². The predicted molar refractivity (Wildman–Crippen MR) is 111 cm³/mol. The number of hydrogen-bond acceptors (Lipinski definition) is 7. The summed E-state index contributed by atoms with van der Waals surface area (Å²) in [5.74, 6) is 3.69. The average Bonchev–Trinajstić information content (AvgIpc) is 2.75. The van der Waals surface area contributed by atoms with Crippen LogP contribution in [0.3, 0.4) is 0 Å².